The van der Waals surface area contributed by atoms with Gasteiger partial charge < -0.3 is 4.42 Å². The molecule has 0 amide bonds. The summed E-state index contributed by atoms with van der Waals surface area (Å²) in [6.07, 6.45) is 0. The molecule has 2 heterocycles. The molecule has 0 unspecified atom stereocenters. The molecule has 0 saturated carbocycles. The molecule has 0 saturated heterocycles. The average molecular weight is 603 g/mol. The Labute approximate surface area is 269 Å². The second kappa shape index (κ2) is 9.90. The van der Waals surface area contributed by atoms with Crippen molar-refractivity contribution in [3.05, 3.63) is 157 Å². The van der Waals surface area contributed by atoms with Crippen LogP contribution < -0.4 is 0 Å². The largest absolute Gasteiger partial charge is 0.456 e. The van der Waals surface area contributed by atoms with Gasteiger partial charge in [0.1, 0.15) is 11.2 Å². The molecule has 0 aliphatic heterocycles. The summed E-state index contributed by atoms with van der Waals surface area (Å²) in [6, 6.07) is 55.0. The maximum Gasteiger partial charge on any atom is 0.136 e. The smallest absolute Gasteiger partial charge is 0.136 e. The van der Waals surface area contributed by atoms with E-state index in [1.165, 1.54) is 81.2 Å². The van der Waals surface area contributed by atoms with Gasteiger partial charge in [-0.05, 0) is 89.8 Å². The molecule has 0 radical (unpaired) electrons. The van der Waals surface area contributed by atoms with Crippen molar-refractivity contribution in [2.45, 2.75) is 0 Å². The second-order valence-corrected chi connectivity index (χ2v) is 13.0. The second-order valence-electron chi connectivity index (χ2n) is 12.0. The van der Waals surface area contributed by atoms with Crippen molar-refractivity contribution in [3.8, 4) is 33.4 Å². The molecule has 2 aromatic heterocycles. The summed E-state index contributed by atoms with van der Waals surface area (Å²) >= 11 is 1.80. The van der Waals surface area contributed by atoms with E-state index in [9.17, 15) is 0 Å². The number of benzene rings is 8. The highest BCUT2D eigenvalue weighted by Crippen LogP contribution is 2.48. The van der Waals surface area contributed by atoms with Crippen LogP contribution >= 0.6 is 11.3 Å². The van der Waals surface area contributed by atoms with E-state index in [1.54, 1.807) is 11.3 Å². The molecular formula is C44H26OS. The molecule has 10 rings (SSSR count). The van der Waals surface area contributed by atoms with Gasteiger partial charge >= 0.3 is 0 Å². The van der Waals surface area contributed by atoms with Crippen molar-refractivity contribution in [2.24, 2.45) is 0 Å². The topological polar surface area (TPSA) is 13.1 Å². The van der Waals surface area contributed by atoms with E-state index < -0.39 is 0 Å². The lowest BCUT2D eigenvalue weighted by Crippen LogP contribution is -1.91. The molecule has 0 bridgehead atoms. The number of hydrogen-bond donors (Lipinski definition) is 0. The van der Waals surface area contributed by atoms with Crippen LogP contribution in [0.3, 0.4) is 0 Å². The first kappa shape index (κ1) is 25.6. The van der Waals surface area contributed by atoms with Crippen LogP contribution in [0.2, 0.25) is 0 Å². The van der Waals surface area contributed by atoms with Crippen LogP contribution in [-0.4, -0.2) is 0 Å². The molecule has 0 N–H and O–H groups in total. The van der Waals surface area contributed by atoms with Crippen molar-refractivity contribution in [1.82, 2.24) is 0 Å². The molecule has 0 aliphatic rings. The first-order valence-electron chi connectivity index (χ1n) is 15.7. The summed E-state index contributed by atoms with van der Waals surface area (Å²) in [4.78, 5) is 0. The molecule has 10 aromatic rings. The van der Waals surface area contributed by atoms with Crippen molar-refractivity contribution in [2.75, 3.05) is 0 Å². The number of furan rings is 1. The Kier molecular flexibility index (Phi) is 5.51. The number of hydrogen-bond acceptors (Lipinski definition) is 2. The molecule has 46 heavy (non-hydrogen) atoms. The van der Waals surface area contributed by atoms with Crippen LogP contribution in [0.5, 0.6) is 0 Å². The molecule has 2 heteroatoms. The zero-order valence-electron chi connectivity index (χ0n) is 24.8. The van der Waals surface area contributed by atoms with E-state index in [4.69, 9.17) is 4.42 Å². The quantitative estimate of drug-likeness (QED) is 0.183. The van der Waals surface area contributed by atoms with Crippen LogP contribution in [0, 0.1) is 0 Å². The van der Waals surface area contributed by atoms with Crippen molar-refractivity contribution in [3.63, 3.8) is 0 Å². The van der Waals surface area contributed by atoms with Gasteiger partial charge in [0.2, 0.25) is 0 Å². The van der Waals surface area contributed by atoms with Gasteiger partial charge in [0.25, 0.3) is 0 Å². The van der Waals surface area contributed by atoms with E-state index in [2.05, 4.69) is 157 Å². The van der Waals surface area contributed by atoms with Crippen molar-refractivity contribution in [1.29, 1.82) is 0 Å². The third-order valence-corrected chi connectivity index (χ3v) is 10.5. The summed E-state index contributed by atoms with van der Waals surface area (Å²) in [5.41, 5.74) is 9.29. The van der Waals surface area contributed by atoms with Gasteiger partial charge in [-0.1, -0.05) is 127 Å². The minimum atomic E-state index is 0.915. The van der Waals surface area contributed by atoms with Crippen LogP contribution in [0.15, 0.2) is 161 Å². The Hall–Kier alpha value is -5.70. The predicted octanol–water partition coefficient (Wildman–Crippen LogP) is 13.3. The maximum atomic E-state index is 6.65. The lowest BCUT2D eigenvalue weighted by atomic mass is 9.84. The molecule has 0 spiro atoms. The van der Waals surface area contributed by atoms with Crippen molar-refractivity contribution < 1.29 is 4.42 Å². The molecule has 8 aromatic carbocycles. The van der Waals surface area contributed by atoms with Crippen LogP contribution in [-0.2, 0) is 0 Å². The average Bonchev–Trinajstić information content (AvgIpc) is 3.70. The van der Waals surface area contributed by atoms with Gasteiger partial charge in [-0.15, -0.1) is 11.3 Å². The van der Waals surface area contributed by atoms with Crippen LogP contribution in [0.25, 0.3) is 97.7 Å². The molecule has 0 fully saturated rings. The fourth-order valence-electron chi connectivity index (χ4n) is 7.47. The van der Waals surface area contributed by atoms with E-state index >= 15 is 0 Å². The van der Waals surface area contributed by atoms with Crippen LogP contribution in [0.1, 0.15) is 0 Å². The van der Waals surface area contributed by atoms with Gasteiger partial charge in [0.05, 0.1) is 0 Å². The minimum absolute atomic E-state index is 0.915. The molecule has 214 valence electrons. The highest BCUT2D eigenvalue weighted by Gasteiger charge is 2.21. The van der Waals surface area contributed by atoms with E-state index in [0.29, 0.717) is 0 Å². The Morgan fingerprint density at radius 1 is 0.391 bits per heavy atom. The Morgan fingerprint density at radius 3 is 1.83 bits per heavy atom. The Bertz CT molecular complexity index is 2740. The van der Waals surface area contributed by atoms with Gasteiger partial charge in [0.15, 0.2) is 0 Å². The first-order valence-corrected chi connectivity index (χ1v) is 16.5. The SMILES string of the molecule is c1ccc(-c2csc3cc4c(cc23)oc2cccc(-c3c5ccccc5c(-c5ccc6ccccc6c5)c5ccccc35)c24)cc1. The normalized spacial score (nSPS) is 11.9. The fourth-order valence-corrected chi connectivity index (χ4v) is 8.46. The predicted molar refractivity (Wildman–Crippen MR) is 198 cm³/mol. The lowest BCUT2D eigenvalue weighted by molar-refractivity contribution is 0.669. The summed E-state index contributed by atoms with van der Waals surface area (Å²) in [7, 11) is 0. The lowest BCUT2D eigenvalue weighted by Gasteiger charge is -2.18. The highest BCUT2D eigenvalue weighted by atomic mass is 32.1. The standard InChI is InChI=1S/C44H26OS/c1-2-12-28(13-3-1)38-26-46-41-25-37-40(24-36(38)41)45-39-20-10-19-35(44(37)39)43-33-17-8-6-15-31(33)42(32-16-7-9-18-34(32)43)30-22-21-27-11-4-5-14-29(27)23-30/h1-26H. The van der Waals surface area contributed by atoms with Gasteiger partial charge in [-0.2, -0.15) is 0 Å². The Balaban J connectivity index is 1.28. The summed E-state index contributed by atoms with van der Waals surface area (Å²) in [5, 5.41) is 13.3. The van der Waals surface area contributed by atoms with Crippen molar-refractivity contribution >= 4 is 75.7 Å². The fraction of sp³-hybridized carbons (Fsp3) is 0. The third-order valence-electron chi connectivity index (χ3n) is 9.51. The van der Waals surface area contributed by atoms with Crippen LogP contribution in [0.4, 0.5) is 0 Å². The van der Waals surface area contributed by atoms with E-state index in [0.717, 1.165) is 16.6 Å². The number of thiophene rings is 1. The number of rotatable bonds is 3. The summed E-state index contributed by atoms with van der Waals surface area (Å²) in [6.45, 7) is 0. The zero-order chi connectivity index (χ0) is 30.2. The van der Waals surface area contributed by atoms with Gasteiger partial charge in [0, 0.05) is 26.4 Å². The van der Waals surface area contributed by atoms with Gasteiger partial charge in [-0.25, -0.2) is 0 Å². The monoisotopic (exact) mass is 602 g/mol. The number of fused-ring (bicyclic) bond motifs is 7. The van der Waals surface area contributed by atoms with E-state index in [1.807, 2.05) is 0 Å². The van der Waals surface area contributed by atoms with E-state index in [-0.39, 0.29) is 0 Å². The Morgan fingerprint density at radius 2 is 1.07 bits per heavy atom. The molecule has 1 nitrogen and oxygen atoms in total. The molecule has 0 aliphatic carbocycles. The highest BCUT2D eigenvalue weighted by molar-refractivity contribution is 7.17. The summed E-state index contributed by atoms with van der Waals surface area (Å²) < 4.78 is 7.91. The molecular weight excluding hydrogens is 577 g/mol. The molecule has 0 atom stereocenters. The zero-order valence-corrected chi connectivity index (χ0v) is 25.6. The van der Waals surface area contributed by atoms with Gasteiger partial charge in [-0.3, -0.25) is 0 Å². The summed E-state index contributed by atoms with van der Waals surface area (Å²) in [5.74, 6) is 0. The first-order chi connectivity index (χ1) is 22.8. The minimum Gasteiger partial charge on any atom is -0.456 e. The third kappa shape index (κ3) is 3.74. The maximum absolute atomic E-state index is 6.65.